The Labute approximate surface area is 177 Å². The molecule has 2 fully saturated rings. The summed E-state index contributed by atoms with van der Waals surface area (Å²) in [5.41, 5.74) is 2.66. The van der Waals surface area contributed by atoms with Gasteiger partial charge in [0, 0.05) is 11.6 Å². The molecule has 1 saturated heterocycles. The molecule has 2 aliphatic rings. The number of ketones is 1. The third-order valence-electron chi connectivity index (χ3n) is 6.27. The van der Waals surface area contributed by atoms with Crippen molar-refractivity contribution in [1.82, 2.24) is 4.90 Å². The number of carbonyl (C=O) groups is 2. The van der Waals surface area contributed by atoms with Crippen LogP contribution in [0.15, 0.2) is 54.1 Å². The number of ether oxygens (including phenoxy) is 1. The number of aliphatic hydroxyl groups is 1. The summed E-state index contributed by atoms with van der Waals surface area (Å²) in [5, 5.41) is 11.1. The molecule has 1 amide bonds. The Morgan fingerprint density at radius 1 is 1.03 bits per heavy atom. The highest BCUT2D eigenvalue weighted by Crippen LogP contribution is 2.43. The second kappa shape index (κ2) is 8.34. The number of Topliss-reactive ketones (excluding diaryl/α,β-unsaturated/α-hetero) is 1. The lowest BCUT2D eigenvalue weighted by Gasteiger charge is -2.30. The number of likely N-dealkylation sites (tertiary alicyclic amines) is 1. The van der Waals surface area contributed by atoms with Crippen molar-refractivity contribution in [3.05, 3.63) is 70.8 Å². The first-order valence-corrected chi connectivity index (χ1v) is 10.6. The second-order valence-corrected chi connectivity index (χ2v) is 7.97. The topological polar surface area (TPSA) is 66.8 Å². The molecule has 2 aromatic carbocycles. The van der Waals surface area contributed by atoms with Crippen molar-refractivity contribution in [2.75, 3.05) is 7.11 Å². The van der Waals surface area contributed by atoms with E-state index in [2.05, 4.69) is 6.92 Å². The molecule has 1 saturated carbocycles. The highest BCUT2D eigenvalue weighted by atomic mass is 16.5. The Kier molecular flexibility index (Phi) is 5.62. The fourth-order valence-corrected chi connectivity index (χ4v) is 4.58. The molecule has 0 aromatic heterocycles. The molecule has 4 rings (SSSR count). The van der Waals surface area contributed by atoms with Crippen molar-refractivity contribution in [2.24, 2.45) is 0 Å². The fourth-order valence-electron chi connectivity index (χ4n) is 4.58. The largest absolute Gasteiger partial charge is 0.507 e. The summed E-state index contributed by atoms with van der Waals surface area (Å²) < 4.78 is 5.26. The van der Waals surface area contributed by atoms with Gasteiger partial charge in [-0.15, -0.1) is 0 Å². The van der Waals surface area contributed by atoms with Crippen LogP contribution in [0.25, 0.3) is 5.76 Å². The van der Waals surface area contributed by atoms with Gasteiger partial charge in [-0.05, 0) is 42.5 Å². The summed E-state index contributed by atoms with van der Waals surface area (Å²) in [5.74, 6) is -0.543. The monoisotopic (exact) mass is 405 g/mol. The normalized spacial score (nSPS) is 21.4. The smallest absolute Gasteiger partial charge is 0.295 e. The van der Waals surface area contributed by atoms with Gasteiger partial charge in [-0.2, -0.15) is 0 Å². The Hall–Kier alpha value is -3.08. The number of aryl methyl sites for hydroxylation is 1. The van der Waals surface area contributed by atoms with Crippen LogP contribution in [0.5, 0.6) is 5.75 Å². The minimum atomic E-state index is -0.611. The molecule has 2 aromatic rings. The average Bonchev–Trinajstić information content (AvgIpc) is 3.40. The maximum Gasteiger partial charge on any atom is 0.295 e. The molecule has 30 heavy (non-hydrogen) atoms. The quantitative estimate of drug-likeness (QED) is 0.448. The standard InChI is InChI=1S/C25H27NO4/c1-3-16-8-10-18(11-9-16)23(27)21-22(17-12-14-20(30-2)15-13-17)26(25(29)24(21)28)19-6-4-5-7-19/h8-15,19,22,27H,3-7H2,1-2H3/b23-21-. The maximum absolute atomic E-state index is 13.1. The van der Waals surface area contributed by atoms with Gasteiger partial charge in [-0.1, -0.05) is 56.2 Å². The Bertz CT molecular complexity index is 969. The van der Waals surface area contributed by atoms with Crippen molar-refractivity contribution < 1.29 is 19.4 Å². The molecule has 1 unspecified atom stereocenters. The zero-order chi connectivity index (χ0) is 21.3. The molecule has 1 atom stereocenters. The SMILES string of the molecule is CCc1ccc(/C(O)=C2/C(=O)C(=O)N(C3CCCC3)C2c2ccc(OC)cc2)cc1. The van der Waals surface area contributed by atoms with Gasteiger partial charge in [0.1, 0.15) is 11.5 Å². The van der Waals surface area contributed by atoms with Gasteiger partial charge >= 0.3 is 0 Å². The van der Waals surface area contributed by atoms with Crippen molar-refractivity contribution >= 4 is 17.4 Å². The first-order valence-electron chi connectivity index (χ1n) is 10.6. The number of amides is 1. The minimum Gasteiger partial charge on any atom is -0.507 e. The van der Waals surface area contributed by atoms with Gasteiger partial charge in [0.2, 0.25) is 0 Å². The van der Waals surface area contributed by atoms with E-state index in [4.69, 9.17) is 4.74 Å². The summed E-state index contributed by atoms with van der Waals surface area (Å²) in [7, 11) is 1.60. The summed E-state index contributed by atoms with van der Waals surface area (Å²) in [6.07, 6.45) is 4.73. The van der Waals surface area contributed by atoms with Crippen molar-refractivity contribution in [3.63, 3.8) is 0 Å². The molecule has 1 aliphatic heterocycles. The highest BCUT2D eigenvalue weighted by molar-refractivity contribution is 6.46. The molecule has 5 heteroatoms. The van der Waals surface area contributed by atoms with Crippen LogP contribution in [0.4, 0.5) is 0 Å². The second-order valence-electron chi connectivity index (χ2n) is 7.97. The average molecular weight is 405 g/mol. The third-order valence-corrected chi connectivity index (χ3v) is 6.27. The molecule has 5 nitrogen and oxygen atoms in total. The molecule has 0 bridgehead atoms. The van der Waals surface area contributed by atoms with Gasteiger partial charge in [-0.3, -0.25) is 9.59 Å². The third kappa shape index (κ3) is 3.49. The van der Waals surface area contributed by atoms with Gasteiger partial charge in [0.15, 0.2) is 0 Å². The van der Waals surface area contributed by atoms with Crippen LogP contribution < -0.4 is 4.74 Å². The van der Waals surface area contributed by atoms with Crippen LogP contribution in [0, 0.1) is 0 Å². The zero-order valence-corrected chi connectivity index (χ0v) is 17.4. The molecule has 0 radical (unpaired) electrons. The van der Waals surface area contributed by atoms with Crippen molar-refractivity contribution in [1.29, 1.82) is 0 Å². The van der Waals surface area contributed by atoms with Crippen LogP contribution in [0.3, 0.4) is 0 Å². The number of aliphatic hydroxyl groups excluding tert-OH is 1. The fraction of sp³-hybridized carbons (Fsp3) is 0.360. The van der Waals surface area contributed by atoms with E-state index < -0.39 is 17.7 Å². The molecular formula is C25H27NO4. The van der Waals surface area contributed by atoms with E-state index in [1.165, 1.54) is 0 Å². The number of rotatable bonds is 5. The number of hydrogen-bond donors (Lipinski definition) is 1. The molecule has 0 spiro atoms. The van der Waals surface area contributed by atoms with E-state index >= 15 is 0 Å². The summed E-state index contributed by atoms with van der Waals surface area (Å²) >= 11 is 0. The van der Waals surface area contributed by atoms with Crippen LogP contribution in [0.2, 0.25) is 0 Å². The summed E-state index contributed by atoms with van der Waals surface area (Å²) in [6, 6.07) is 14.3. The predicted octanol–water partition coefficient (Wildman–Crippen LogP) is 4.62. The van der Waals surface area contributed by atoms with E-state index in [1.807, 2.05) is 48.5 Å². The lowest BCUT2D eigenvalue weighted by Crippen LogP contribution is -2.37. The first-order chi connectivity index (χ1) is 14.5. The van der Waals surface area contributed by atoms with E-state index in [9.17, 15) is 14.7 Å². The van der Waals surface area contributed by atoms with Crippen LogP contribution in [-0.4, -0.2) is 34.8 Å². The van der Waals surface area contributed by atoms with Crippen LogP contribution in [-0.2, 0) is 16.0 Å². The number of benzene rings is 2. The zero-order valence-electron chi connectivity index (χ0n) is 17.4. The molecule has 156 valence electrons. The first kappa shape index (κ1) is 20.2. The highest BCUT2D eigenvalue weighted by Gasteiger charge is 2.49. The molecular weight excluding hydrogens is 378 g/mol. The van der Waals surface area contributed by atoms with E-state index in [1.54, 1.807) is 12.0 Å². The van der Waals surface area contributed by atoms with E-state index in [0.29, 0.717) is 11.3 Å². The lowest BCUT2D eigenvalue weighted by molar-refractivity contribution is -0.141. The molecule has 1 heterocycles. The van der Waals surface area contributed by atoms with E-state index in [-0.39, 0.29) is 17.4 Å². The Morgan fingerprint density at radius 2 is 1.67 bits per heavy atom. The Morgan fingerprint density at radius 3 is 2.23 bits per heavy atom. The Balaban J connectivity index is 1.84. The predicted molar refractivity (Wildman–Crippen MR) is 115 cm³/mol. The van der Waals surface area contributed by atoms with Crippen LogP contribution in [0.1, 0.15) is 55.3 Å². The van der Waals surface area contributed by atoms with Gasteiger partial charge in [-0.25, -0.2) is 0 Å². The van der Waals surface area contributed by atoms with Gasteiger partial charge in [0.25, 0.3) is 11.7 Å². The number of nitrogens with zero attached hydrogens (tertiary/aromatic N) is 1. The lowest BCUT2D eigenvalue weighted by atomic mass is 9.94. The van der Waals surface area contributed by atoms with Crippen LogP contribution >= 0.6 is 0 Å². The molecule has 1 N–H and O–H groups in total. The number of carbonyl (C=O) groups excluding carboxylic acids is 2. The van der Waals surface area contributed by atoms with Gasteiger partial charge in [0.05, 0.1) is 18.7 Å². The summed E-state index contributed by atoms with van der Waals surface area (Å²) in [4.78, 5) is 27.8. The van der Waals surface area contributed by atoms with Crippen molar-refractivity contribution in [3.8, 4) is 5.75 Å². The minimum absolute atomic E-state index is 0.0151. The molecule has 1 aliphatic carbocycles. The maximum atomic E-state index is 13.1. The summed E-state index contributed by atoms with van der Waals surface area (Å²) in [6.45, 7) is 2.06. The van der Waals surface area contributed by atoms with Gasteiger partial charge < -0.3 is 14.7 Å². The number of hydrogen-bond acceptors (Lipinski definition) is 4. The van der Waals surface area contributed by atoms with E-state index in [0.717, 1.165) is 43.2 Å². The number of methoxy groups -OCH3 is 1. The van der Waals surface area contributed by atoms with Crippen molar-refractivity contribution in [2.45, 2.75) is 51.1 Å².